The molecule has 0 aromatic heterocycles. The maximum atomic E-state index is 12.6. The van der Waals surface area contributed by atoms with Crippen molar-refractivity contribution in [3.05, 3.63) is 24.3 Å². The second kappa shape index (κ2) is 49.5. The van der Waals surface area contributed by atoms with E-state index in [0.29, 0.717) is 12.8 Å². The van der Waals surface area contributed by atoms with E-state index < -0.39 is 24.2 Å². The first-order valence-electron chi connectivity index (χ1n) is 26.6. The average Bonchev–Trinajstić information content (AvgIpc) is 3.24. The SMILES string of the molecule is CCCCCCCCCCC/C=C\C/C=C\CCCCCCCCCCCCC(O)C(=O)NC(CO)C(O)CCCCCCCCCCCCCCCCCCCCC. The Morgan fingerprint density at radius 3 is 1.02 bits per heavy atom. The molecule has 0 aromatic carbocycles. The van der Waals surface area contributed by atoms with Crippen molar-refractivity contribution in [2.75, 3.05) is 6.61 Å². The van der Waals surface area contributed by atoms with Crippen molar-refractivity contribution in [3.8, 4) is 0 Å². The number of nitrogens with one attached hydrogen (secondary N) is 1. The van der Waals surface area contributed by atoms with Crippen LogP contribution in [0.25, 0.3) is 0 Å². The summed E-state index contributed by atoms with van der Waals surface area (Å²) in [4.78, 5) is 12.6. The van der Waals surface area contributed by atoms with Gasteiger partial charge in [0, 0.05) is 0 Å². The van der Waals surface area contributed by atoms with Crippen molar-refractivity contribution in [1.82, 2.24) is 5.32 Å². The van der Waals surface area contributed by atoms with Crippen LogP contribution >= 0.6 is 0 Å². The van der Waals surface area contributed by atoms with Crippen LogP contribution in [0.3, 0.4) is 0 Å². The summed E-state index contributed by atoms with van der Waals surface area (Å²) in [6, 6.07) is -0.712. The van der Waals surface area contributed by atoms with Crippen molar-refractivity contribution < 1.29 is 20.1 Å². The molecular weight excluding hydrogens is 727 g/mol. The molecule has 0 aromatic rings. The zero-order chi connectivity index (χ0) is 43.0. The van der Waals surface area contributed by atoms with Crippen LogP contribution < -0.4 is 5.32 Å². The second-order valence-corrected chi connectivity index (χ2v) is 18.4. The second-order valence-electron chi connectivity index (χ2n) is 18.4. The maximum absolute atomic E-state index is 12.6. The minimum absolute atomic E-state index is 0.312. The zero-order valence-electron chi connectivity index (χ0n) is 39.9. The molecular formula is C54H105NO4. The summed E-state index contributed by atoms with van der Waals surface area (Å²) in [6.07, 6.45) is 62.0. The highest BCUT2D eigenvalue weighted by Gasteiger charge is 2.23. The van der Waals surface area contributed by atoms with Crippen molar-refractivity contribution in [2.45, 2.75) is 308 Å². The summed E-state index contributed by atoms with van der Waals surface area (Å²) < 4.78 is 0. The Balaban J connectivity index is 3.56. The predicted molar refractivity (Wildman–Crippen MR) is 259 cm³/mol. The van der Waals surface area contributed by atoms with Crippen molar-refractivity contribution in [2.24, 2.45) is 0 Å². The molecule has 0 aliphatic heterocycles. The molecule has 5 heteroatoms. The highest BCUT2D eigenvalue weighted by atomic mass is 16.3. The van der Waals surface area contributed by atoms with Crippen LogP contribution in [0, 0.1) is 0 Å². The molecule has 0 rings (SSSR count). The van der Waals surface area contributed by atoms with Gasteiger partial charge in [0.1, 0.15) is 6.10 Å². The molecule has 0 saturated heterocycles. The van der Waals surface area contributed by atoms with Crippen molar-refractivity contribution >= 4 is 5.91 Å². The summed E-state index contributed by atoms with van der Waals surface area (Å²) in [7, 11) is 0. The molecule has 0 fully saturated rings. The van der Waals surface area contributed by atoms with Gasteiger partial charge in [-0.1, -0.05) is 269 Å². The maximum Gasteiger partial charge on any atom is 0.249 e. The van der Waals surface area contributed by atoms with Gasteiger partial charge < -0.3 is 20.6 Å². The van der Waals surface area contributed by atoms with E-state index in [9.17, 15) is 20.1 Å². The fourth-order valence-electron chi connectivity index (χ4n) is 8.40. The van der Waals surface area contributed by atoms with Gasteiger partial charge in [0.05, 0.1) is 18.8 Å². The normalized spacial score (nSPS) is 13.5. The Morgan fingerprint density at radius 1 is 0.407 bits per heavy atom. The van der Waals surface area contributed by atoms with Crippen molar-refractivity contribution in [1.29, 1.82) is 0 Å². The number of aliphatic hydroxyl groups excluding tert-OH is 3. The molecule has 0 bridgehead atoms. The molecule has 5 nitrogen and oxygen atoms in total. The Hall–Kier alpha value is -1.17. The Kier molecular flexibility index (Phi) is 48.5. The highest BCUT2D eigenvalue weighted by molar-refractivity contribution is 5.80. The number of hydrogen-bond donors (Lipinski definition) is 4. The number of amides is 1. The average molecular weight is 832 g/mol. The lowest BCUT2D eigenvalue weighted by molar-refractivity contribution is -0.131. The Bertz CT molecular complexity index is 874. The van der Waals surface area contributed by atoms with Gasteiger partial charge >= 0.3 is 0 Å². The third kappa shape index (κ3) is 44.7. The molecule has 0 aliphatic carbocycles. The zero-order valence-corrected chi connectivity index (χ0v) is 39.9. The standard InChI is InChI=1S/C54H105NO4/c1-3-5-7-9-11-13-15-17-19-21-23-24-25-26-27-28-29-31-33-35-37-39-41-43-45-47-49-53(58)54(59)55-51(50-56)52(57)48-46-44-42-40-38-36-34-32-30-22-20-18-16-14-12-10-8-6-4-2/h23-24,26-27,51-53,56-58H,3-22,25,28-50H2,1-2H3,(H,55,59)/b24-23-,27-26-. The van der Waals surface area contributed by atoms with E-state index in [-0.39, 0.29) is 6.61 Å². The molecule has 3 unspecified atom stereocenters. The Labute approximate surface area is 369 Å². The largest absolute Gasteiger partial charge is 0.394 e. The summed E-state index contributed by atoms with van der Waals surface area (Å²) in [6.45, 7) is 4.26. The van der Waals surface area contributed by atoms with E-state index >= 15 is 0 Å². The van der Waals surface area contributed by atoms with Gasteiger partial charge in [0.2, 0.25) is 5.91 Å². The first kappa shape index (κ1) is 57.8. The summed E-state index contributed by atoms with van der Waals surface area (Å²) in [5, 5.41) is 33.5. The third-order valence-corrected chi connectivity index (χ3v) is 12.6. The Morgan fingerprint density at radius 2 is 0.695 bits per heavy atom. The number of unbranched alkanes of at least 4 members (excludes halogenated alkanes) is 37. The van der Waals surface area contributed by atoms with Crippen LogP contribution in [0.15, 0.2) is 24.3 Å². The van der Waals surface area contributed by atoms with Crippen LogP contribution in [-0.2, 0) is 4.79 Å². The number of carbonyl (C=O) groups is 1. The summed E-state index contributed by atoms with van der Waals surface area (Å²) in [5.74, 6) is -0.469. The third-order valence-electron chi connectivity index (χ3n) is 12.6. The molecule has 0 spiro atoms. The number of allylic oxidation sites excluding steroid dienone is 4. The van der Waals surface area contributed by atoms with Gasteiger partial charge in [-0.25, -0.2) is 0 Å². The molecule has 3 atom stereocenters. The highest BCUT2D eigenvalue weighted by Crippen LogP contribution is 2.17. The van der Waals surface area contributed by atoms with Gasteiger partial charge in [-0.15, -0.1) is 0 Å². The van der Waals surface area contributed by atoms with Crippen LogP contribution in [0.1, 0.15) is 290 Å². The monoisotopic (exact) mass is 832 g/mol. The van der Waals surface area contributed by atoms with Crippen LogP contribution in [-0.4, -0.2) is 46.1 Å². The molecule has 0 heterocycles. The molecule has 4 N–H and O–H groups in total. The van der Waals surface area contributed by atoms with Crippen LogP contribution in [0.5, 0.6) is 0 Å². The smallest absolute Gasteiger partial charge is 0.249 e. The van der Waals surface area contributed by atoms with Gasteiger partial charge in [0.15, 0.2) is 0 Å². The van der Waals surface area contributed by atoms with Crippen molar-refractivity contribution in [3.63, 3.8) is 0 Å². The minimum atomic E-state index is -1.08. The van der Waals surface area contributed by atoms with Gasteiger partial charge in [-0.2, -0.15) is 0 Å². The first-order valence-corrected chi connectivity index (χ1v) is 26.6. The number of rotatable bonds is 49. The fraction of sp³-hybridized carbons (Fsp3) is 0.907. The minimum Gasteiger partial charge on any atom is -0.394 e. The lowest BCUT2D eigenvalue weighted by Gasteiger charge is -2.23. The lowest BCUT2D eigenvalue weighted by Crippen LogP contribution is -2.49. The molecule has 59 heavy (non-hydrogen) atoms. The van der Waals surface area contributed by atoms with E-state index in [1.54, 1.807) is 0 Å². The fourth-order valence-corrected chi connectivity index (χ4v) is 8.40. The van der Waals surface area contributed by atoms with E-state index in [0.717, 1.165) is 38.5 Å². The lowest BCUT2D eigenvalue weighted by atomic mass is 10.0. The number of aliphatic hydroxyl groups is 3. The van der Waals surface area contributed by atoms with Crippen LogP contribution in [0.2, 0.25) is 0 Å². The van der Waals surface area contributed by atoms with E-state index in [1.807, 2.05) is 0 Å². The molecule has 0 radical (unpaired) electrons. The topological polar surface area (TPSA) is 89.8 Å². The van der Waals surface area contributed by atoms with E-state index in [4.69, 9.17) is 0 Å². The molecule has 0 saturated carbocycles. The molecule has 0 aliphatic rings. The van der Waals surface area contributed by atoms with Gasteiger partial charge in [-0.05, 0) is 44.9 Å². The first-order chi connectivity index (χ1) is 29.1. The number of carbonyl (C=O) groups excluding carboxylic acids is 1. The van der Waals surface area contributed by atoms with E-state index in [1.165, 1.54) is 225 Å². The number of hydrogen-bond acceptors (Lipinski definition) is 4. The molecule has 1 amide bonds. The van der Waals surface area contributed by atoms with Gasteiger partial charge in [-0.3, -0.25) is 4.79 Å². The van der Waals surface area contributed by atoms with Crippen LogP contribution in [0.4, 0.5) is 0 Å². The predicted octanol–water partition coefficient (Wildman–Crippen LogP) is 16.1. The van der Waals surface area contributed by atoms with Gasteiger partial charge in [0.25, 0.3) is 0 Å². The quantitative estimate of drug-likeness (QED) is 0.0363. The molecule has 350 valence electrons. The summed E-state index contributed by atoms with van der Waals surface area (Å²) >= 11 is 0. The van der Waals surface area contributed by atoms with E-state index in [2.05, 4.69) is 43.5 Å². The summed E-state index contributed by atoms with van der Waals surface area (Å²) in [5.41, 5.74) is 0.